The van der Waals surface area contributed by atoms with Crippen molar-refractivity contribution in [2.24, 2.45) is 11.8 Å². The Morgan fingerprint density at radius 2 is 1.94 bits per heavy atom. The standard InChI is InChI=1S/C15H27NO2/c1-2-5-14(15(17)18)16-13-9-8-11-6-3-4-7-12(11)10-13/h11-14,16H,2-10H2,1H3,(H,17,18)/t11?,12?,13-,14?/m0/s1. The number of hydrogen-bond donors (Lipinski definition) is 2. The molecule has 18 heavy (non-hydrogen) atoms. The van der Waals surface area contributed by atoms with Gasteiger partial charge >= 0.3 is 5.97 Å². The highest BCUT2D eigenvalue weighted by molar-refractivity contribution is 5.73. The number of carboxylic acids is 1. The van der Waals surface area contributed by atoms with E-state index < -0.39 is 5.97 Å². The second kappa shape index (κ2) is 6.55. The quantitative estimate of drug-likeness (QED) is 0.791. The van der Waals surface area contributed by atoms with E-state index in [-0.39, 0.29) is 6.04 Å². The number of hydrogen-bond acceptors (Lipinski definition) is 2. The van der Waals surface area contributed by atoms with Gasteiger partial charge in [0.1, 0.15) is 6.04 Å². The van der Waals surface area contributed by atoms with Crippen LogP contribution in [0.3, 0.4) is 0 Å². The van der Waals surface area contributed by atoms with Crippen LogP contribution in [-0.2, 0) is 4.79 Å². The summed E-state index contributed by atoms with van der Waals surface area (Å²) in [5, 5.41) is 12.6. The molecule has 104 valence electrons. The van der Waals surface area contributed by atoms with Gasteiger partial charge in [0.05, 0.1) is 0 Å². The number of carboxylic acid groups (broad SMARTS) is 1. The maximum atomic E-state index is 11.2. The zero-order chi connectivity index (χ0) is 13.0. The smallest absolute Gasteiger partial charge is 0.320 e. The van der Waals surface area contributed by atoms with Gasteiger partial charge in [0.25, 0.3) is 0 Å². The van der Waals surface area contributed by atoms with E-state index in [0.29, 0.717) is 6.04 Å². The average molecular weight is 253 g/mol. The molecule has 0 aromatic rings. The maximum Gasteiger partial charge on any atom is 0.320 e. The summed E-state index contributed by atoms with van der Waals surface area (Å²) in [6.45, 7) is 2.05. The molecular formula is C15H27NO2. The maximum absolute atomic E-state index is 11.2. The van der Waals surface area contributed by atoms with E-state index in [0.717, 1.165) is 24.7 Å². The first-order valence-electron chi connectivity index (χ1n) is 7.69. The van der Waals surface area contributed by atoms with Gasteiger partial charge in [0, 0.05) is 6.04 Å². The summed E-state index contributed by atoms with van der Waals surface area (Å²) in [5.74, 6) is 1.12. The topological polar surface area (TPSA) is 49.3 Å². The van der Waals surface area contributed by atoms with E-state index in [1.54, 1.807) is 0 Å². The first kappa shape index (κ1) is 13.9. The molecule has 2 aliphatic carbocycles. The zero-order valence-corrected chi connectivity index (χ0v) is 11.5. The van der Waals surface area contributed by atoms with E-state index in [9.17, 15) is 9.90 Å². The molecule has 3 nitrogen and oxygen atoms in total. The van der Waals surface area contributed by atoms with Gasteiger partial charge in [0.2, 0.25) is 0 Å². The Balaban J connectivity index is 1.84. The summed E-state index contributed by atoms with van der Waals surface area (Å²) in [6, 6.07) is 0.108. The minimum Gasteiger partial charge on any atom is -0.480 e. The van der Waals surface area contributed by atoms with Crippen LogP contribution in [0.4, 0.5) is 0 Å². The molecule has 0 saturated heterocycles. The molecule has 2 saturated carbocycles. The largest absolute Gasteiger partial charge is 0.480 e. The SMILES string of the molecule is CCCC(N[C@H]1CCC2CCCCC2C1)C(=O)O. The Bertz CT molecular complexity index is 280. The fourth-order valence-corrected chi connectivity index (χ4v) is 3.88. The van der Waals surface area contributed by atoms with Gasteiger partial charge < -0.3 is 10.4 Å². The number of aliphatic carboxylic acids is 1. The van der Waals surface area contributed by atoms with Crippen molar-refractivity contribution in [2.75, 3.05) is 0 Å². The van der Waals surface area contributed by atoms with Gasteiger partial charge in [-0.05, 0) is 37.5 Å². The van der Waals surface area contributed by atoms with Crippen LogP contribution in [0.5, 0.6) is 0 Å². The molecule has 0 aromatic carbocycles. The third kappa shape index (κ3) is 3.47. The van der Waals surface area contributed by atoms with Gasteiger partial charge in [0.15, 0.2) is 0 Å². The minimum atomic E-state index is -0.678. The second-order valence-corrected chi connectivity index (χ2v) is 6.16. The van der Waals surface area contributed by atoms with Crippen molar-refractivity contribution in [2.45, 2.75) is 76.8 Å². The molecule has 2 N–H and O–H groups in total. The van der Waals surface area contributed by atoms with Crippen molar-refractivity contribution >= 4 is 5.97 Å². The number of fused-ring (bicyclic) bond motifs is 1. The molecule has 4 atom stereocenters. The summed E-state index contributed by atoms with van der Waals surface area (Å²) in [4.78, 5) is 11.2. The van der Waals surface area contributed by atoms with Crippen molar-refractivity contribution < 1.29 is 9.90 Å². The van der Waals surface area contributed by atoms with Gasteiger partial charge in [-0.15, -0.1) is 0 Å². The molecule has 3 unspecified atom stereocenters. The van der Waals surface area contributed by atoms with Gasteiger partial charge in [-0.2, -0.15) is 0 Å². The summed E-state index contributed by atoms with van der Waals surface area (Å²) in [5.41, 5.74) is 0. The second-order valence-electron chi connectivity index (χ2n) is 6.16. The van der Waals surface area contributed by atoms with E-state index in [2.05, 4.69) is 12.2 Å². The van der Waals surface area contributed by atoms with E-state index in [4.69, 9.17) is 0 Å². The summed E-state index contributed by atoms with van der Waals surface area (Å²) < 4.78 is 0. The summed E-state index contributed by atoms with van der Waals surface area (Å²) in [6.07, 6.45) is 10.9. The zero-order valence-electron chi connectivity index (χ0n) is 11.5. The van der Waals surface area contributed by atoms with E-state index in [1.165, 1.54) is 44.9 Å². The highest BCUT2D eigenvalue weighted by Gasteiger charge is 2.33. The lowest BCUT2D eigenvalue weighted by Crippen LogP contribution is -2.46. The molecule has 0 bridgehead atoms. The average Bonchev–Trinajstić information content (AvgIpc) is 2.38. The molecule has 2 aliphatic rings. The third-order valence-corrected chi connectivity index (χ3v) is 4.85. The Labute approximate surface area is 110 Å². The number of nitrogens with one attached hydrogen (secondary N) is 1. The van der Waals surface area contributed by atoms with E-state index >= 15 is 0 Å². The van der Waals surface area contributed by atoms with Crippen LogP contribution in [0, 0.1) is 11.8 Å². The van der Waals surface area contributed by atoms with Crippen LogP contribution in [0.15, 0.2) is 0 Å². The Morgan fingerprint density at radius 1 is 1.22 bits per heavy atom. The lowest BCUT2D eigenvalue weighted by Gasteiger charge is -2.40. The molecule has 0 spiro atoms. The van der Waals surface area contributed by atoms with Crippen LogP contribution in [0.1, 0.15) is 64.7 Å². The number of carbonyl (C=O) groups is 1. The molecule has 3 heteroatoms. The Morgan fingerprint density at radius 3 is 2.61 bits per heavy atom. The van der Waals surface area contributed by atoms with Crippen molar-refractivity contribution in [3.63, 3.8) is 0 Å². The van der Waals surface area contributed by atoms with Crippen molar-refractivity contribution in [1.29, 1.82) is 0 Å². The molecule has 2 rings (SSSR count). The molecule has 0 aromatic heterocycles. The highest BCUT2D eigenvalue weighted by atomic mass is 16.4. The van der Waals surface area contributed by atoms with E-state index in [1.807, 2.05) is 0 Å². The lowest BCUT2D eigenvalue weighted by molar-refractivity contribution is -0.140. The fourth-order valence-electron chi connectivity index (χ4n) is 3.88. The van der Waals surface area contributed by atoms with Crippen LogP contribution < -0.4 is 5.32 Å². The lowest BCUT2D eigenvalue weighted by atomic mass is 9.69. The van der Waals surface area contributed by atoms with Gasteiger partial charge in [-0.25, -0.2) is 0 Å². The first-order chi connectivity index (χ1) is 8.70. The van der Waals surface area contributed by atoms with Crippen molar-refractivity contribution in [1.82, 2.24) is 5.32 Å². The molecule has 0 aliphatic heterocycles. The highest BCUT2D eigenvalue weighted by Crippen LogP contribution is 2.40. The molecule has 2 fully saturated rings. The van der Waals surface area contributed by atoms with Gasteiger partial charge in [-0.1, -0.05) is 39.0 Å². The predicted molar refractivity (Wildman–Crippen MR) is 72.6 cm³/mol. The first-order valence-corrected chi connectivity index (χ1v) is 7.69. The van der Waals surface area contributed by atoms with Crippen LogP contribution >= 0.6 is 0 Å². The number of rotatable bonds is 5. The van der Waals surface area contributed by atoms with Crippen LogP contribution in [-0.4, -0.2) is 23.2 Å². The predicted octanol–water partition coefficient (Wildman–Crippen LogP) is 3.19. The third-order valence-electron chi connectivity index (χ3n) is 4.85. The summed E-state index contributed by atoms with van der Waals surface area (Å²) >= 11 is 0. The Kier molecular flexibility index (Phi) is 5.04. The Hall–Kier alpha value is -0.570. The minimum absolute atomic E-state index is 0.333. The normalized spacial score (nSPS) is 33.7. The van der Waals surface area contributed by atoms with Crippen LogP contribution in [0.2, 0.25) is 0 Å². The summed E-state index contributed by atoms with van der Waals surface area (Å²) in [7, 11) is 0. The fraction of sp³-hybridized carbons (Fsp3) is 0.933. The van der Waals surface area contributed by atoms with Gasteiger partial charge in [-0.3, -0.25) is 4.79 Å². The van der Waals surface area contributed by atoms with Crippen LogP contribution in [0.25, 0.3) is 0 Å². The van der Waals surface area contributed by atoms with Crippen molar-refractivity contribution in [3.05, 3.63) is 0 Å². The molecule has 0 heterocycles. The monoisotopic (exact) mass is 253 g/mol. The molecule has 0 radical (unpaired) electrons. The molecular weight excluding hydrogens is 226 g/mol. The van der Waals surface area contributed by atoms with Crippen molar-refractivity contribution in [3.8, 4) is 0 Å². The molecule has 0 amide bonds.